The zero-order valence-corrected chi connectivity index (χ0v) is 77.6. The molecule has 48 nitrogen and oxygen atoms in total. The molecule has 780 valence electrons. The first-order valence-electron chi connectivity index (χ1n) is 46.8. The van der Waals surface area contributed by atoms with Gasteiger partial charge in [0, 0.05) is 6.92 Å². The van der Waals surface area contributed by atoms with Gasteiger partial charge in [-0.15, -0.1) is 0 Å². The molecule has 46 unspecified atom stereocenters. The van der Waals surface area contributed by atoms with Gasteiger partial charge in [-0.3, -0.25) is 14.4 Å². The van der Waals surface area contributed by atoms with Crippen LogP contribution in [0.25, 0.3) is 0 Å². The van der Waals surface area contributed by atoms with E-state index in [-0.39, 0.29) is 44.4 Å². The number of ether oxygens (including phenoxy) is 19. The molecule has 9 saturated heterocycles. The minimum Gasteiger partial charge on any atom is -0.457 e. The highest BCUT2D eigenvalue weighted by Crippen LogP contribution is 2.76. The number of fused-ring (bicyclic) bond motifs is 7. The quantitative estimate of drug-likeness (QED) is 0.0165. The van der Waals surface area contributed by atoms with Gasteiger partial charge in [0.1, 0.15) is 177 Å². The van der Waals surface area contributed by atoms with Gasteiger partial charge in [-0.1, -0.05) is 53.2 Å². The molecule has 5 aliphatic carbocycles. The van der Waals surface area contributed by atoms with Gasteiger partial charge in [0.25, 0.3) is 5.91 Å². The van der Waals surface area contributed by atoms with Crippen molar-refractivity contribution in [2.75, 3.05) is 39.6 Å². The van der Waals surface area contributed by atoms with Gasteiger partial charge in [-0.25, -0.2) is 0 Å². The monoisotopic (exact) mass is 1960 g/mol. The summed E-state index contributed by atoms with van der Waals surface area (Å²) in [6, 6.07) is 0. The van der Waals surface area contributed by atoms with Crippen LogP contribution in [0.15, 0.2) is 11.6 Å². The number of amides is 1. The number of aldehydes is 1. The number of esters is 2. The average Bonchev–Trinajstić information content (AvgIpc) is 0.668. The van der Waals surface area contributed by atoms with Gasteiger partial charge in [-0.05, 0) is 132 Å². The normalized spacial score (nSPS) is 52.7. The Morgan fingerprint density at radius 3 is 1.49 bits per heavy atom. The Labute approximate surface area is 782 Å². The van der Waals surface area contributed by atoms with Gasteiger partial charge >= 0.3 is 11.9 Å². The lowest BCUT2D eigenvalue weighted by Crippen LogP contribution is -2.70. The Morgan fingerprint density at radius 2 is 0.904 bits per heavy atom. The zero-order chi connectivity index (χ0) is 99.7. The molecule has 14 rings (SSSR count). The Morgan fingerprint density at radius 1 is 0.434 bits per heavy atom. The number of hydrogen-bond acceptors (Lipinski definition) is 47. The smallest absolute Gasteiger partial charge is 0.317 e. The first-order valence-corrected chi connectivity index (χ1v) is 46.8. The van der Waals surface area contributed by atoms with E-state index in [1.807, 2.05) is 20.8 Å². The molecule has 0 aromatic rings. The van der Waals surface area contributed by atoms with Crippen LogP contribution in [0.2, 0.25) is 0 Å². The third kappa shape index (κ3) is 19.6. The van der Waals surface area contributed by atoms with E-state index < -0.39 is 384 Å². The van der Waals surface area contributed by atoms with Gasteiger partial charge in [0.15, 0.2) is 68.6 Å². The highest BCUT2D eigenvalue weighted by Gasteiger charge is 2.74. The summed E-state index contributed by atoms with van der Waals surface area (Å²) < 4.78 is 116. The summed E-state index contributed by atoms with van der Waals surface area (Å²) in [7, 11) is 0. The van der Waals surface area contributed by atoms with Crippen LogP contribution in [0, 0.1) is 50.2 Å². The molecule has 25 N–H and O–H groups in total. The first-order chi connectivity index (χ1) is 63.8. The highest BCUT2D eigenvalue weighted by atomic mass is 16.8. The van der Waals surface area contributed by atoms with Crippen molar-refractivity contribution in [1.29, 1.82) is 0 Å². The summed E-state index contributed by atoms with van der Waals surface area (Å²) in [5.41, 5.74) is -7.51. The lowest BCUT2D eigenvalue weighted by atomic mass is 9.33. The molecule has 48 heteroatoms. The Kier molecular flexibility index (Phi) is 33.0. The maximum absolute atomic E-state index is 16.5. The lowest BCUT2D eigenvalue weighted by Gasteiger charge is -2.71. The predicted octanol–water partition coefficient (Wildman–Crippen LogP) is -9.94. The van der Waals surface area contributed by atoms with Gasteiger partial charge in [0.2, 0.25) is 6.29 Å². The summed E-state index contributed by atoms with van der Waals surface area (Å²) in [6.07, 6.45) is -78.6. The number of nitrogens with one attached hydrogen (secondary N) is 1. The average molecular weight is 1970 g/mol. The molecular weight excluding hydrogens is 1820 g/mol. The van der Waals surface area contributed by atoms with Crippen molar-refractivity contribution in [2.45, 2.75) is 423 Å². The number of aliphatic hydroxyl groups excluding tert-OH is 24. The first kappa shape index (κ1) is 108. The molecule has 0 bridgehead atoms. The molecule has 0 aromatic heterocycles. The molecule has 9 aliphatic heterocycles. The van der Waals surface area contributed by atoms with Crippen LogP contribution < -0.4 is 5.32 Å². The van der Waals surface area contributed by atoms with Crippen LogP contribution >= 0.6 is 0 Å². The molecule has 4 saturated carbocycles. The number of carbonyl (C=O) groups is 4. The number of carbonyl (C=O) groups excluding carboxylic acids is 4. The second kappa shape index (κ2) is 41.6. The van der Waals surface area contributed by atoms with Gasteiger partial charge < -0.3 is 223 Å². The topological polar surface area (TPSA) is 741 Å². The minimum atomic E-state index is -2.26. The van der Waals surface area contributed by atoms with E-state index in [4.69, 9.17) is 90.0 Å². The van der Waals surface area contributed by atoms with Crippen LogP contribution in [-0.4, -0.2) is 468 Å². The number of hydrogen-bond donors (Lipinski definition) is 25. The number of allylic oxidation sites excluding steroid dienone is 2. The fourth-order valence-corrected chi connectivity index (χ4v) is 24.0. The summed E-state index contributed by atoms with van der Waals surface area (Å²) >= 11 is 0. The Bertz CT molecular complexity index is 4080. The van der Waals surface area contributed by atoms with Crippen LogP contribution in [-0.2, 0) is 109 Å². The molecule has 1 amide bonds. The maximum Gasteiger partial charge on any atom is 0.317 e. The Hall–Kier alpha value is -3.82. The SMILES string of the molecule is CC(=O)OC1C(C)OC(OC2C(C)OC(OC(=O)[C@]34CCC(C)(C)CC3C3=CCC5[C@@]6(C)CC[C@H](OC7OC(C(=O)NC(C)(CO)CO)C(O)C(OC8OCC(O)C(O)C8O)C7OC7OC(CO)C(O)C(O)C7O)[C@@](C)(C=O)C6CC[C@@]5(C)[C@]3(C)C[C@H]4O)C(OC3OC(C)C(OC4OCC(O)C(OC5OC(CO)C(O)C(O)C5O)C4O)C(O)C3O)C2O)C(O)C1OC1OC(C)C(O)C(O)C1O. The second-order valence-corrected chi connectivity index (χ2v) is 41.8. The van der Waals surface area contributed by atoms with E-state index in [0.717, 1.165) is 18.8 Å². The third-order valence-electron chi connectivity index (χ3n) is 32.4. The van der Waals surface area contributed by atoms with Crippen molar-refractivity contribution in [3.8, 4) is 0 Å². The van der Waals surface area contributed by atoms with E-state index >= 15 is 4.79 Å². The minimum absolute atomic E-state index is 0.00753. The van der Waals surface area contributed by atoms with Crippen LogP contribution in [0.5, 0.6) is 0 Å². The van der Waals surface area contributed by atoms with E-state index in [1.54, 1.807) is 6.92 Å². The third-order valence-corrected chi connectivity index (χ3v) is 32.4. The molecule has 53 atom stereocenters. The summed E-state index contributed by atoms with van der Waals surface area (Å²) in [4.78, 5) is 58.4. The second-order valence-electron chi connectivity index (χ2n) is 41.8. The van der Waals surface area contributed by atoms with Crippen LogP contribution in [0.1, 0.15) is 141 Å². The molecule has 13 fully saturated rings. The highest BCUT2D eigenvalue weighted by molar-refractivity contribution is 5.82. The number of aliphatic hydroxyl groups is 24. The fourth-order valence-electron chi connectivity index (χ4n) is 24.0. The lowest BCUT2D eigenvalue weighted by molar-refractivity contribution is -0.393. The fraction of sp³-hybridized carbons (Fsp3) is 0.932. The van der Waals surface area contributed by atoms with E-state index in [0.29, 0.717) is 19.3 Å². The van der Waals surface area contributed by atoms with E-state index in [9.17, 15) is 137 Å². The summed E-state index contributed by atoms with van der Waals surface area (Å²) in [6.45, 7) is 15.0. The molecule has 0 radical (unpaired) electrons. The number of rotatable bonds is 26. The van der Waals surface area contributed by atoms with Gasteiger partial charge in [0.05, 0.1) is 87.2 Å². The molecule has 0 spiro atoms. The van der Waals surface area contributed by atoms with Crippen molar-refractivity contribution in [1.82, 2.24) is 5.32 Å². The van der Waals surface area contributed by atoms with Crippen LogP contribution in [0.4, 0.5) is 0 Å². The van der Waals surface area contributed by atoms with Gasteiger partial charge in [-0.2, -0.15) is 0 Å². The molecule has 14 aliphatic rings. The largest absolute Gasteiger partial charge is 0.457 e. The van der Waals surface area contributed by atoms with Crippen molar-refractivity contribution in [3.05, 3.63) is 11.6 Å². The zero-order valence-electron chi connectivity index (χ0n) is 77.6. The Balaban J connectivity index is 0.754. The molecule has 0 aromatic carbocycles. The standard InChI is InChI=1S/C88H141NO47/c1-30-45(99)49(103)54(108)74(120-30)132-67-61(115)78(122-33(4)64(67)124-34(5)95)129-63-32(3)123-79(69(58(63)112)134-75-57(111)52(106)62(31(2)121-75)128-73-60(114)65(38(97)26-119-73)130-76-55(109)50(104)47(101)39(23-90)125-76)136-81(117)88-20-19-82(6,7)21-36(88)35-13-14-42-84(9)17-16-44(85(10,29-94)41(84)15-18-86(42,11)87(35,12)22-43(88)98)127-80-70(135-77-56(110)51(105)48(102)40(24-91)126-77)66(131-72-53(107)46(100)37(96)25-118-72)59(113)68(133-80)71(116)89-83(8,27-92)28-93/h13,29-33,36-70,72-80,90-93,96-115H,14-28H2,1-12H3,(H,89,116)/t30?,31?,32?,33?,36?,37?,38?,39?,40?,41?,42?,43-,44+,45?,46?,47?,48?,49?,50?,51?,52?,53?,54?,55?,56?,57?,58?,59?,60?,61?,62?,63?,64?,65?,66?,67?,68?,69?,70?,72?,73?,74?,75?,76?,77?,78?,79?,80?,84+,85+,86-,87-,88-/m1/s1. The molecular formula is C88H141NO47. The van der Waals surface area contributed by atoms with Crippen molar-refractivity contribution >= 4 is 24.1 Å². The summed E-state index contributed by atoms with van der Waals surface area (Å²) in [5.74, 6) is -4.90. The van der Waals surface area contributed by atoms with Crippen LogP contribution in [0.3, 0.4) is 0 Å². The summed E-state index contributed by atoms with van der Waals surface area (Å²) in [5, 5.41) is 272. The van der Waals surface area contributed by atoms with E-state index in [1.165, 1.54) is 34.6 Å². The van der Waals surface area contributed by atoms with E-state index in [2.05, 4.69) is 25.2 Å². The maximum atomic E-state index is 16.5. The molecule has 136 heavy (non-hydrogen) atoms. The predicted molar refractivity (Wildman–Crippen MR) is 443 cm³/mol. The van der Waals surface area contributed by atoms with Crippen molar-refractivity contribution in [3.63, 3.8) is 0 Å². The van der Waals surface area contributed by atoms with Crippen molar-refractivity contribution < 1.29 is 232 Å². The molecule has 9 heterocycles. The van der Waals surface area contributed by atoms with Crippen molar-refractivity contribution in [2.24, 2.45) is 50.2 Å².